The fourth-order valence-electron chi connectivity index (χ4n) is 2.78. The highest BCUT2D eigenvalue weighted by molar-refractivity contribution is 7.11. The topological polar surface area (TPSA) is 43.4 Å². The van der Waals surface area contributed by atoms with Gasteiger partial charge >= 0.3 is 0 Å². The van der Waals surface area contributed by atoms with Gasteiger partial charge in [-0.2, -0.15) is 0 Å². The van der Waals surface area contributed by atoms with E-state index in [-0.39, 0.29) is 5.60 Å². The van der Waals surface area contributed by atoms with Crippen molar-refractivity contribution in [1.82, 2.24) is 10.3 Å². The van der Waals surface area contributed by atoms with Crippen molar-refractivity contribution >= 4 is 11.3 Å². The van der Waals surface area contributed by atoms with Gasteiger partial charge in [0.15, 0.2) is 0 Å². The molecule has 0 bridgehead atoms. The van der Waals surface area contributed by atoms with E-state index >= 15 is 0 Å². The summed E-state index contributed by atoms with van der Waals surface area (Å²) in [4.78, 5) is 6.34. The standard InChI is InChI=1S/C16H28N2O2S/c1-4-7-13-14(12-17-5-2)21-15(18-13)16(20-6-3)8-10-19-11-9-16/h17H,4-12H2,1-3H3. The molecule has 0 aliphatic carbocycles. The summed E-state index contributed by atoms with van der Waals surface area (Å²) >= 11 is 1.83. The number of nitrogens with zero attached hydrogens (tertiary/aromatic N) is 1. The molecule has 0 amide bonds. The Morgan fingerprint density at radius 2 is 2.05 bits per heavy atom. The van der Waals surface area contributed by atoms with E-state index < -0.39 is 0 Å². The third kappa shape index (κ3) is 4.03. The van der Waals surface area contributed by atoms with Crippen LogP contribution < -0.4 is 5.32 Å². The van der Waals surface area contributed by atoms with Gasteiger partial charge in [-0.3, -0.25) is 0 Å². The first kappa shape index (κ1) is 16.9. The minimum Gasteiger partial charge on any atom is -0.381 e. The maximum absolute atomic E-state index is 6.15. The van der Waals surface area contributed by atoms with Crippen molar-refractivity contribution in [3.63, 3.8) is 0 Å². The van der Waals surface area contributed by atoms with Crippen LogP contribution in [0.3, 0.4) is 0 Å². The molecule has 120 valence electrons. The van der Waals surface area contributed by atoms with Gasteiger partial charge in [0.1, 0.15) is 10.6 Å². The van der Waals surface area contributed by atoms with Crippen LogP contribution in [0, 0.1) is 0 Å². The molecule has 0 aromatic carbocycles. The predicted octanol–water partition coefficient (Wildman–Crippen LogP) is 3.25. The highest BCUT2D eigenvalue weighted by atomic mass is 32.1. The Hall–Kier alpha value is -0.490. The van der Waals surface area contributed by atoms with Crippen molar-refractivity contribution in [2.75, 3.05) is 26.4 Å². The van der Waals surface area contributed by atoms with Gasteiger partial charge in [0.05, 0.1) is 5.69 Å². The van der Waals surface area contributed by atoms with Crippen molar-refractivity contribution in [1.29, 1.82) is 0 Å². The zero-order valence-corrected chi connectivity index (χ0v) is 14.4. The second-order valence-electron chi connectivity index (χ2n) is 5.46. The van der Waals surface area contributed by atoms with Crippen molar-refractivity contribution in [3.05, 3.63) is 15.6 Å². The molecule has 0 unspecified atom stereocenters. The van der Waals surface area contributed by atoms with Gasteiger partial charge in [-0.15, -0.1) is 11.3 Å². The van der Waals surface area contributed by atoms with E-state index in [1.807, 2.05) is 11.3 Å². The number of aromatic nitrogens is 1. The number of nitrogens with one attached hydrogen (secondary N) is 1. The Labute approximate surface area is 132 Å². The van der Waals surface area contributed by atoms with Crippen LogP contribution in [0.15, 0.2) is 0 Å². The van der Waals surface area contributed by atoms with Crippen LogP contribution >= 0.6 is 11.3 Å². The van der Waals surface area contributed by atoms with Gasteiger partial charge in [0.2, 0.25) is 0 Å². The Balaban J connectivity index is 2.26. The van der Waals surface area contributed by atoms with Crippen LogP contribution in [0.25, 0.3) is 0 Å². The predicted molar refractivity (Wildman–Crippen MR) is 86.8 cm³/mol. The summed E-state index contributed by atoms with van der Waals surface area (Å²) in [6, 6.07) is 0. The second-order valence-corrected chi connectivity index (χ2v) is 6.54. The van der Waals surface area contributed by atoms with Gasteiger partial charge in [-0.05, 0) is 19.9 Å². The molecule has 1 N–H and O–H groups in total. The van der Waals surface area contributed by atoms with Gasteiger partial charge in [-0.1, -0.05) is 20.3 Å². The molecule has 0 radical (unpaired) electrons. The fraction of sp³-hybridized carbons (Fsp3) is 0.812. The number of ether oxygens (including phenoxy) is 2. The van der Waals surface area contributed by atoms with E-state index in [2.05, 4.69) is 26.1 Å². The van der Waals surface area contributed by atoms with Crippen LogP contribution in [-0.4, -0.2) is 31.3 Å². The summed E-state index contributed by atoms with van der Waals surface area (Å²) in [6.45, 7) is 10.6. The van der Waals surface area contributed by atoms with Gasteiger partial charge < -0.3 is 14.8 Å². The lowest BCUT2D eigenvalue weighted by molar-refractivity contribution is -0.112. The van der Waals surface area contributed by atoms with E-state index in [9.17, 15) is 0 Å². The minimum atomic E-state index is -0.218. The summed E-state index contributed by atoms with van der Waals surface area (Å²) in [6.07, 6.45) is 4.02. The fourth-order valence-corrected chi connectivity index (χ4v) is 4.06. The first-order chi connectivity index (χ1) is 10.3. The molecule has 2 rings (SSSR count). The molecular formula is C16H28N2O2S. The normalized spacial score (nSPS) is 18.0. The Bertz CT molecular complexity index is 422. The first-order valence-corrected chi connectivity index (χ1v) is 8.98. The van der Waals surface area contributed by atoms with E-state index in [0.29, 0.717) is 0 Å². The molecule has 1 fully saturated rings. The van der Waals surface area contributed by atoms with Gasteiger partial charge in [-0.25, -0.2) is 4.98 Å². The number of rotatable bonds is 8. The molecule has 1 aliphatic heterocycles. The number of aryl methyl sites for hydroxylation is 1. The summed E-state index contributed by atoms with van der Waals surface area (Å²) in [5.74, 6) is 0. The highest BCUT2D eigenvalue weighted by Gasteiger charge is 2.38. The average Bonchev–Trinajstić information content (AvgIpc) is 2.90. The third-order valence-corrected chi connectivity index (χ3v) is 5.19. The smallest absolute Gasteiger partial charge is 0.125 e. The maximum atomic E-state index is 6.15. The van der Waals surface area contributed by atoms with Crippen molar-refractivity contribution in [2.24, 2.45) is 0 Å². The average molecular weight is 312 g/mol. The summed E-state index contributed by atoms with van der Waals surface area (Å²) in [5.41, 5.74) is 1.04. The van der Waals surface area contributed by atoms with Gasteiger partial charge in [0, 0.05) is 44.1 Å². The van der Waals surface area contributed by atoms with E-state index in [0.717, 1.165) is 63.6 Å². The second kappa shape index (κ2) is 8.22. The SMILES string of the molecule is CCCc1nc(C2(OCC)CCOCC2)sc1CNCC. The Morgan fingerprint density at radius 1 is 1.29 bits per heavy atom. The molecule has 1 aliphatic rings. The van der Waals surface area contributed by atoms with E-state index in [1.165, 1.54) is 10.6 Å². The number of thiazole rings is 1. The van der Waals surface area contributed by atoms with Crippen molar-refractivity contribution in [2.45, 2.75) is 58.6 Å². The molecule has 1 aromatic heterocycles. The lowest BCUT2D eigenvalue weighted by Crippen LogP contribution is -2.36. The van der Waals surface area contributed by atoms with Crippen LogP contribution in [0.4, 0.5) is 0 Å². The van der Waals surface area contributed by atoms with E-state index in [4.69, 9.17) is 14.5 Å². The first-order valence-electron chi connectivity index (χ1n) is 8.17. The Morgan fingerprint density at radius 3 is 2.67 bits per heavy atom. The quantitative estimate of drug-likeness (QED) is 0.800. The lowest BCUT2D eigenvalue weighted by Gasteiger charge is -2.35. The molecular weight excluding hydrogens is 284 g/mol. The largest absolute Gasteiger partial charge is 0.381 e. The molecule has 4 nitrogen and oxygen atoms in total. The summed E-state index contributed by atoms with van der Waals surface area (Å²) < 4.78 is 11.7. The molecule has 1 saturated heterocycles. The Kier molecular flexibility index (Phi) is 6.61. The molecule has 0 spiro atoms. The maximum Gasteiger partial charge on any atom is 0.125 e. The zero-order valence-electron chi connectivity index (χ0n) is 13.5. The zero-order chi connectivity index (χ0) is 15.1. The number of hydrogen-bond donors (Lipinski definition) is 1. The minimum absolute atomic E-state index is 0.218. The molecule has 1 aromatic rings. The van der Waals surface area contributed by atoms with Crippen LogP contribution in [0.1, 0.15) is 55.6 Å². The summed E-state index contributed by atoms with van der Waals surface area (Å²) in [5, 5.41) is 4.59. The van der Waals surface area contributed by atoms with Crippen LogP contribution in [0.5, 0.6) is 0 Å². The molecule has 5 heteroatoms. The van der Waals surface area contributed by atoms with Crippen LogP contribution in [-0.2, 0) is 28.0 Å². The highest BCUT2D eigenvalue weighted by Crippen LogP contribution is 2.39. The molecule has 0 saturated carbocycles. The van der Waals surface area contributed by atoms with Crippen LogP contribution in [0.2, 0.25) is 0 Å². The third-order valence-electron chi connectivity index (χ3n) is 3.91. The molecule has 2 heterocycles. The van der Waals surface area contributed by atoms with E-state index in [1.54, 1.807) is 0 Å². The van der Waals surface area contributed by atoms with Gasteiger partial charge in [0.25, 0.3) is 0 Å². The lowest BCUT2D eigenvalue weighted by atomic mass is 9.94. The van der Waals surface area contributed by atoms with Crippen molar-refractivity contribution < 1.29 is 9.47 Å². The molecule has 0 atom stereocenters. The van der Waals surface area contributed by atoms with Crippen molar-refractivity contribution in [3.8, 4) is 0 Å². The summed E-state index contributed by atoms with van der Waals surface area (Å²) in [7, 11) is 0. The monoisotopic (exact) mass is 312 g/mol. The number of hydrogen-bond acceptors (Lipinski definition) is 5. The molecule has 21 heavy (non-hydrogen) atoms.